The van der Waals surface area contributed by atoms with Crippen molar-refractivity contribution in [2.24, 2.45) is 5.92 Å². The van der Waals surface area contributed by atoms with E-state index in [1.165, 1.54) is 0 Å². The molecule has 2 amide bonds. The predicted molar refractivity (Wildman–Crippen MR) is 124 cm³/mol. The fourth-order valence-electron chi connectivity index (χ4n) is 2.76. The summed E-state index contributed by atoms with van der Waals surface area (Å²) in [7, 11) is 0. The van der Waals surface area contributed by atoms with Crippen LogP contribution in [0, 0.1) is 16.4 Å². The molecule has 6 heteroatoms. The molecular weight excluding hydrogens is 479 g/mol. The van der Waals surface area contributed by atoms with Crippen LogP contribution in [0.2, 0.25) is 0 Å². The van der Waals surface area contributed by atoms with E-state index < -0.39 is 6.04 Å². The Bertz CT molecular complexity index is 821. The number of amides is 2. The summed E-state index contributed by atoms with van der Waals surface area (Å²) in [6.45, 7) is 8.66. The second-order valence-corrected chi connectivity index (χ2v) is 8.75. The van der Waals surface area contributed by atoms with Crippen molar-refractivity contribution >= 4 is 34.4 Å². The standard InChI is InChI=1S/C23H29IN2O3/c1-16(2)13-25-23(28)18(4)26(14-19-8-6-5-7-17(19)3)22(27)15-29-21-11-9-20(24)10-12-21/h5-12,16,18H,13-15H2,1-4H3,(H,25,28). The van der Waals surface area contributed by atoms with Crippen molar-refractivity contribution in [1.29, 1.82) is 0 Å². The Morgan fingerprint density at radius 3 is 2.34 bits per heavy atom. The molecule has 0 aromatic heterocycles. The van der Waals surface area contributed by atoms with E-state index in [-0.39, 0.29) is 18.4 Å². The molecule has 29 heavy (non-hydrogen) atoms. The van der Waals surface area contributed by atoms with Crippen molar-refractivity contribution in [3.63, 3.8) is 0 Å². The average Bonchev–Trinajstić information content (AvgIpc) is 2.70. The maximum atomic E-state index is 13.0. The van der Waals surface area contributed by atoms with Crippen LogP contribution < -0.4 is 10.1 Å². The lowest BCUT2D eigenvalue weighted by molar-refractivity contribution is -0.142. The maximum absolute atomic E-state index is 13.0. The fourth-order valence-corrected chi connectivity index (χ4v) is 3.12. The van der Waals surface area contributed by atoms with Crippen LogP contribution in [0.4, 0.5) is 0 Å². The quantitative estimate of drug-likeness (QED) is 0.518. The number of rotatable bonds is 9. The summed E-state index contributed by atoms with van der Waals surface area (Å²) >= 11 is 2.22. The lowest BCUT2D eigenvalue weighted by atomic mass is 10.1. The van der Waals surface area contributed by atoms with Gasteiger partial charge in [-0.15, -0.1) is 0 Å². The highest BCUT2D eigenvalue weighted by Gasteiger charge is 2.26. The fraction of sp³-hybridized carbons (Fsp3) is 0.391. The van der Waals surface area contributed by atoms with Gasteiger partial charge in [0, 0.05) is 16.7 Å². The van der Waals surface area contributed by atoms with E-state index >= 15 is 0 Å². The van der Waals surface area contributed by atoms with Crippen LogP contribution in [0.5, 0.6) is 5.75 Å². The monoisotopic (exact) mass is 508 g/mol. The molecule has 1 atom stereocenters. The van der Waals surface area contributed by atoms with Gasteiger partial charge >= 0.3 is 0 Å². The van der Waals surface area contributed by atoms with E-state index in [2.05, 4.69) is 27.9 Å². The third kappa shape index (κ3) is 7.34. The molecular formula is C23H29IN2O3. The van der Waals surface area contributed by atoms with Gasteiger partial charge in [0.2, 0.25) is 5.91 Å². The molecule has 1 N–H and O–H groups in total. The summed E-state index contributed by atoms with van der Waals surface area (Å²) in [6, 6.07) is 14.8. The first-order valence-corrected chi connectivity index (χ1v) is 10.9. The molecule has 5 nitrogen and oxygen atoms in total. The van der Waals surface area contributed by atoms with Crippen LogP contribution in [-0.4, -0.2) is 35.9 Å². The molecule has 2 aromatic carbocycles. The van der Waals surface area contributed by atoms with Gasteiger partial charge in [0.25, 0.3) is 5.91 Å². The van der Waals surface area contributed by atoms with E-state index in [9.17, 15) is 9.59 Å². The Labute approximate surface area is 187 Å². The summed E-state index contributed by atoms with van der Waals surface area (Å²) in [5.74, 6) is 0.594. The second-order valence-electron chi connectivity index (χ2n) is 7.51. The third-order valence-corrected chi connectivity index (χ3v) is 5.35. The van der Waals surface area contributed by atoms with Gasteiger partial charge in [-0.25, -0.2) is 0 Å². The van der Waals surface area contributed by atoms with Crippen molar-refractivity contribution in [1.82, 2.24) is 10.2 Å². The number of hydrogen-bond acceptors (Lipinski definition) is 3. The smallest absolute Gasteiger partial charge is 0.261 e. The van der Waals surface area contributed by atoms with Crippen LogP contribution in [0.1, 0.15) is 31.9 Å². The Kier molecular flexibility index (Phi) is 8.95. The Morgan fingerprint density at radius 2 is 1.72 bits per heavy atom. The molecule has 0 saturated heterocycles. The Hall–Kier alpha value is -2.09. The van der Waals surface area contributed by atoms with E-state index in [1.807, 2.05) is 69.3 Å². The molecule has 0 spiro atoms. The number of nitrogens with zero attached hydrogens (tertiary/aromatic N) is 1. The van der Waals surface area contributed by atoms with Crippen molar-refractivity contribution in [3.05, 3.63) is 63.2 Å². The highest BCUT2D eigenvalue weighted by Crippen LogP contribution is 2.16. The molecule has 0 aliphatic heterocycles. The number of hydrogen-bond donors (Lipinski definition) is 1. The molecule has 0 aliphatic carbocycles. The van der Waals surface area contributed by atoms with Crippen LogP contribution in [-0.2, 0) is 16.1 Å². The Balaban J connectivity index is 2.13. The van der Waals surface area contributed by atoms with E-state index in [0.717, 1.165) is 14.7 Å². The number of nitrogens with one attached hydrogen (secondary N) is 1. The highest BCUT2D eigenvalue weighted by atomic mass is 127. The molecule has 0 heterocycles. The van der Waals surface area contributed by atoms with Gasteiger partial charge in [0.15, 0.2) is 6.61 Å². The van der Waals surface area contributed by atoms with Gasteiger partial charge in [-0.05, 0) is 77.7 Å². The zero-order valence-electron chi connectivity index (χ0n) is 17.4. The number of carbonyl (C=O) groups excluding carboxylic acids is 2. The molecule has 0 radical (unpaired) electrons. The third-order valence-electron chi connectivity index (χ3n) is 4.63. The molecule has 2 aromatic rings. The number of halogens is 1. The van der Waals surface area contributed by atoms with Gasteiger partial charge in [0.1, 0.15) is 11.8 Å². The molecule has 2 rings (SSSR count). The van der Waals surface area contributed by atoms with Gasteiger partial charge in [0.05, 0.1) is 0 Å². The van der Waals surface area contributed by atoms with Gasteiger partial charge < -0.3 is 15.0 Å². The zero-order chi connectivity index (χ0) is 21.4. The molecule has 1 unspecified atom stereocenters. The van der Waals surface area contributed by atoms with Crippen LogP contribution in [0.3, 0.4) is 0 Å². The molecule has 156 valence electrons. The first-order valence-electron chi connectivity index (χ1n) is 9.78. The highest BCUT2D eigenvalue weighted by molar-refractivity contribution is 14.1. The maximum Gasteiger partial charge on any atom is 0.261 e. The van der Waals surface area contributed by atoms with Crippen molar-refractivity contribution in [3.8, 4) is 5.75 Å². The van der Waals surface area contributed by atoms with Crippen LogP contribution in [0.25, 0.3) is 0 Å². The van der Waals surface area contributed by atoms with Crippen LogP contribution >= 0.6 is 22.6 Å². The summed E-state index contributed by atoms with van der Waals surface area (Å²) < 4.78 is 6.77. The van der Waals surface area contributed by atoms with E-state index in [4.69, 9.17) is 4.74 Å². The minimum atomic E-state index is -0.596. The SMILES string of the molecule is Cc1ccccc1CN(C(=O)COc1ccc(I)cc1)C(C)C(=O)NCC(C)C. The normalized spacial score (nSPS) is 11.8. The van der Waals surface area contributed by atoms with Gasteiger partial charge in [-0.1, -0.05) is 38.1 Å². The summed E-state index contributed by atoms with van der Waals surface area (Å²) in [5, 5.41) is 2.92. The minimum absolute atomic E-state index is 0.117. The van der Waals surface area contributed by atoms with Crippen molar-refractivity contribution in [2.45, 2.75) is 40.3 Å². The second kappa shape index (κ2) is 11.2. The topological polar surface area (TPSA) is 58.6 Å². The number of aryl methyl sites for hydroxylation is 1. The largest absolute Gasteiger partial charge is 0.484 e. The molecule has 0 saturated carbocycles. The Morgan fingerprint density at radius 1 is 1.07 bits per heavy atom. The van der Waals surface area contributed by atoms with E-state index in [0.29, 0.717) is 24.8 Å². The summed E-state index contributed by atoms with van der Waals surface area (Å²) in [6.07, 6.45) is 0. The number of carbonyl (C=O) groups is 2. The lowest BCUT2D eigenvalue weighted by Crippen LogP contribution is -2.49. The number of benzene rings is 2. The zero-order valence-corrected chi connectivity index (χ0v) is 19.6. The van der Waals surface area contributed by atoms with E-state index in [1.54, 1.807) is 11.8 Å². The summed E-state index contributed by atoms with van der Waals surface area (Å²) in [4.78, 5) is 27.2. The van der Waals surface area contributed by atoms with Gasteiger partial charge in [-0.3, -0.25) is 9.59 Å². The first-order chi connectivity index (χ1) is 13.8. The first kappa shape index (κ1) is 23.2. The van der Waals surface area contributed by atoms with Gasteiger partial charge in [-0.2, -0.15) is 0 Å². The molecule has 0 bridgehead atoms. The molecule has 0 fully saturated rings. The lowest BCUT2D eigenvalue weighted by Gasteiger charge is -2.29. The summed E-state index contributed by atoms with van der Waals surface area (Å²) in [5.41, 5.74) is 2.09. The predicted octanol–water partition coefficient (Wildman–Crippen LogP) is 4.17. The minimum Gasteiger partial charge on any atom is -0.484 e. The van der Waals surface area contributed by atoms with Crippen molar-refractivity contribution < 1.29 is 14.3 Å². The van der Waals surface area contributed by atoms with Crippen molar-refractivity contribution in [2.75, 3.05) is 13.2 Å². The molecule has 0 aliphatic rings. The number of ether oxygens (including phenoxy) is 1. The van der Waals surface area contributed by atoms with Crippen LogP contribution in [0.15, 0.2) is 48.5 Å². The average molecular weight is 508 g/mol.